The molecule has 0 spiro atoms. The van der Waals surface area contributed by atoms with Crippen LogP contribution in [0.2, 0.25) is 19.6 Å². The molecule has 0 aromatic heterocycles. The van der Waals surface area contributed by atoms with Gasteiger partial charge in [-0.1, -0.05) is 12.7 Å². The first-order chi connectivity index (χ1) is 4.87. The third-order valence-corrected chi connectivity index (χ3v) is 2.24. The first-order valence-electron chi connectivity index (χ1n) is 3.86. The standard InChI is InChI=1S/C9H18OSi/c1-7-8(2)9(3)10-11(4,5)6/h7H,1H2,2-6H3/b9-8-. The molecule has 64 valence electrons. The van der Waals surface area contributed by atoms with Crippen molar-refractivity contribution in [1.29, 1.82) is 0 Å². The fraction of sp³-hybridized carbons (Fsp3) is 0.556. The molecule has 0 saturated heterocycles. The summed E-state index contributed by atoms with van der Waals surface area (Å²) < 4.78 is 5.74. The van der Waals surface area contributed by atoms with Gasteiger partial charge >= 0.3 is 0 Å². The third kappa shape index (κ3) is 4.84. The van der Waals surface area contributed by atoms with E-state index >= 15 is 0 Å². The molecule has 0 fully saturated rings. The van der Waals surface area contributed by atoms with Crippen molar-refractivity contribution in [2.24, 2.45) is 0 Å². The number of hydrogen-bond acceptors (Lipinski definition) is 1. The Morgan fingerprint density at radius 1 is 1.27 bits per heavy atom. The second-order valence-corrected chi connectivity index (χ2v) is 8.09. The molecule has 0 heterocycles. The van der Waals surface area contributed by atoms with Gasteiger partial charge in [-0.25, -0.2) is 0 Å². The Balaban J connectivity index is 4.28. The molecule has 0 radical (unpaired) electrons. The van der Waals surface area contributed by atoms with Gasteiger partial charge in [-0.05, 0) is 39.1 Å². The maximum absolute atomic E-state index is 5.74. The number of rotatable bonds is 3. The Morgan fingerprint density at radius 3 is 2.00 bits per heavy atom. The molecule has 0 N–H and O–H groups in total. The molecule has 0 aromatic rings. The van der Waals surface area contributed by atoms with Crippen LogP contribution in [0.1, 0.15) is 13.8 Å². The summed E-state index contributed by atoms with van der Waals surface area (Å²) in [5.41, 5.74) is 1.13. The van der Waals surface area contributed by atoms with Crippen LogP contribution in [0.5, 0.6) is 0 Å². The molecular formula is C9H18OSi. The summed E-state index contributed by atoms with van der Waals surface area (Å²) >= 11 is 0. The lowest BCUT2D eigenvalue weighted by Crippen LogP contribution is -2.24. The van der Waals surface area contributed by atoms with Crippen LogP contribution >= 0.6 is 0 Å². The van der Waals surface area contributed by atoms with Crippen LogP contribution < -0.4 is 0 Å². The topological polar surface area (TPSA) is 9.23 Å². The minimum absolute atomic E-state index is 1.01. The smallest absolute Gasteiger partial charge is 0.241 e. The van der Waals surface area contributed by atoms with Crippen LogP contribution in [0, 0.1) is 0 Å². The molecule has 0 aliphatic carbocycles. The van der Waals surface area contributed by atoms with Crippen molar-refractivity contribution in [2.75, 3.05) is 0 Å². The van der Waals surface area contributed by atoms with Gasteiger partial charge in [0.2, 0.25) is 8.32 Å². The van der Waals surface area contributed by atoms with Crippen molar-refractivity contribution < 1.29 is 4.43 Å². The highest BCUT2D eigenvalue weighted by Crippen LogP contribution is 2.13. The third-order valence-electron chi connectivity index (χ3n) is 1.32. The normalized spacial score (nSPS) is 13.9. The average Bonchev–Trinajstić information content (AvgIpc) is 1.82. The molecule has 0 bridgehead atoms. The number of hydrogen-bond donors (Lipinski definition) is 0. The lowest BCUT2D eigenvalue weighted by Gasteiger charge is -2.20. The van der Waals surface area contributed by atoms with Crippen molar-refractivity contribution in [3.63, 3.8) is 0 Å². The van der Waals surface area contributed by atoms with E-state index < -0.39 is 8.32 Å². The minimum atomic E-state index is -1.40. The molecule has 0 saturated carbocycles. The highest BCUT2D eigenvalue weighted by atomic mass is 28.4. The molecule has 11 heavy (non-hydrogen) atoms. The van der Waals surface area contributed by atoms with E-state index in [0.717, 1.165) is 11.3 Å². The monoisotopic (exact) mass is 170 g/mol. The van der Waals surface area contributed by atoms with E-state index in [2.05, 4.69) is 26.2 Å². The lowest BCUT2D eigenvalue weighted by atomic mass is 10.3. The predicted molar refractivity (Wildman–Crippen MR) is 53.0 cm³/mol. The van der Waals surface area contributed by atoms with E-state index in [4.69, 9.17) is 4.43 Å². The molecule has 0 atom stereocenters. The van der Waals surface area contributed by atoms with E-state index in [0.29, 0.717) is 0 Å². The molecular weight excluding hydrogens is 152 g/mol. The predicted octanol–water partition coefficient (Wildman–Crippen LogP) is 3.32. The van der Waals surface area contributed by atoms with Crippen molar-refractivity contribution in [3.8, 4) is 0 Å². The zero-order valence-electron chi connectivity index (χ0n) is 8.19. The minimum Gasteiger partial charge on any atom is -0.547 e. The molecule has 0 aromatic carbocycles. The van der Waals surface area contributed by atoms with E-state index in [-0.39, 0.29) is 0 Å². The van der Waals surface area contributed by atoms with E-state index in [1.54, 1.807) is 0 Å². The van der Waals surface area contributed by atoms with Gasteiger partial charge < -0.3 is 4.43 Å². The van der Waals surface area contributed by atoms with Gasteiger partial charge in [0.25, 0.3) is 0 Å². The van der Waals surface area contributed by atoms with Crippen LogP contribution in [0.25, 0.3) is 0 Å². The molecule has 1 nitrogen and oxygen atoms in total. The van der Waals surface area contributed by atoms with Crippen molar-refractivity contribution in [2.45, 2.75) is 33.5 Å². The summed E-state index contributed by atoms with van der Waals surface area (Å²) in [6.07, 6.45) is 1.83. The Hall–Kier alpha value is -0.503. The van der Waals surface area contributed by atoms with E-state index in [1.165, 1.54) is 0 Å². The quantitative estimate of drug-likeness (QED) is 0.359. The van der Waals surface area contributed by atoms with Gasteiger partial charge in [0.15, 0.2) is 0 Å². The first-order valence-corrected chi connectivity index (χ1v) is 7.26. The SMILES string of the molecule is C=C/C(C)=C(/C)O[Si](C)(C)C. The van der Waals surface area contributed by atoms with Crippen LogP contribution in [0.4, 0.5) is 0 Å². The Kier molecular flexibility index (Phi) is 3.59. The molecule has 0 amide bonds. The lowest BCUT2D eigenvalue weighted by molar-refractivity contribution is 0.419. The molecule has 0 aliphatic heterocycles. The van der Waals surface area contributed by atoms with E-state index in [1.807, 2.05) is 19.9 Å². The Morgan fingerprint density at radius 2 is 1.73 bits per heavy atom. The van der Waals surface area contributed by atoms with Gasteiger partial charge in [-0.3, -0.25) is 0 Å². The second kappa shape index (κ2) is 3.76. The summed E-state index contributed by atoms with van der Waals surface area (Å²) in [5, 5.41) is 0. The van der Waals surface area contributed by atoms with Gasteiger partial charge in [0, 0.05) is 0 Å². The largest absolute Gasteiger partial charge is 0.547 e. The summed E-state index contributed by atoms with van der Waals surface area (Å²) in [4.78, 5) is 0. The molecule has 0 unspecified atom stereocenters. The second-order valence-electron chi connectivity index (χ2n) is 3.66. The van der Waals surface area contributed by atoms with Crippen LogP contribution in [-0.4, -0.2) is 8.32 Å². The van der Waals surface area contributed by atoms with Gasteiger partial charge in [-0.2, -0.15) is 0 Å². The molecule has 2 heteroatoms. The van der Waals surface area contributed by atoms with E-state index in [9.17, 15) is 0 Å². The van der Waals surface area contributed by atoms with Gasteiger partial charge in [0.1, 0.15) is 0 Å². The van der Waals surface area contributed by atoms with Gasteiger partial charge in [0.05, 0.1) is 5.76 Å². The van der Waals surface area contributed by atoms with Crippen LogP contribution in [-0.2, 0) is 4.43 Å². The maximum Gasteiger partial charge on any atom is 0.241 e. The van der Waals surface area contributed by atoms with Crippen molar-refractivity contribution in [3.05, 3.63) is 24.0 Å². The zero-order valence-corrected chi connectivity index (χ0v) is 9.19. The Bertz CT molecular complexity index is 174. The van der Waals surface area contributed by atoms with Crippen LogP contribution in [0.15, 0.2) is 24.0 Å². The van der Waals surface area contributed by atoms with Crippen molar-refractivity contribution in [1.82, 2.24) is 0 Å². The number of allylic oxidation sites excluding steroid dienone is 3. The summed E-state index contributed by atoms with van der Waals surface area (Å²) in [6, 6.07) is 0. The fourth-order valence-electron chi connectivity index (χ4n) is 0.684. The van der Waals surface area contributed by atoms with Crippen LogP contribution in [0.3, 0.4) is 0 Å². The van der Waals surface area contributed by atoms with Crippen molar-refractivity contribution >= 4 is 8.32 Å². The first kappa shape index (κ1) is 10.5. The van der Waals surface area contributed by atoms with Gasteiger partial charge in [-0.15, -0.1) is 0 Å². The fourth-order valence-corrected chi connectivity index (χ4v) is 1.76. The highest BCUT2D eigenvalue weighted by Gasteiger charge is 2.16. The average molecular weight is 170 g/mol. The highest BCUT2D eigenvalue weighted by molar-refractivity contribution is 6.70. The molecule has 0 aliphatic rings. The zero-order chi connectivity index (χ0) is 9.07. The Labute approximate surface area is 70.9 Å². The summed E-state index contributed by atoms with van der Waals surface area (Å²) in [7, 11) is -1.40. The summed E-state index contributed by atoms with van der Waals surface area (Å²) in [5.74, 6) is 1.01. The summed E-state index contributed by atoms with van der Waals surface area (Å²) in [6.45, 7) is 14.2. The maximum atomic E-state index is 5.74. The molecule has 0 rings (SSSR count).